The van der Waals surface area contributed by atoms with Gasteiger partial charge in [0, 0.05) is 16.9 Å². The van der Waals surface area contributed by atoms with Crippen molar-refractivity contribution < 1.29 is 22.4 Å². The molecule has 0 N–H and O–H groups in total. The standard InChI is InChI=1S/C13H6BrF4NO/c14-7-1-2-11(15)8(5-7)12(20)9-6-19-4-3-10(9)13(16,17)18/h1-6H. The first-order valence-corrected chi connectivity index (χ1v) is 6.11. The van der Waals surface area contributed by atoms with E-state index in [1.165, 1.54) is 6.07 Å². The van der Waals surface area contributed by atoms with Crippen molar-refractivity contribution in [3.8, 4) is 0 Å². The minimum absolute atomic E-state index is 0.389. The number of hydrogen-bond donors (Lipinski definition) is 0. The Labute approximate surface area is 119 Å². The number of carbonyl (C=O) groups is 1. The van der Waals surface area contributed by atoms with E-state index in [9.17, 15) is 22.4 Å². The lowest BCUT2D eigenvalue weighted by atomic mass is 10.00. The van der Waals surface area contributed by atoms with Crippen molar-refractivity contribution in [1.29, 1.82) is 0 Å². The van der Waals surface area contributed by atoms with Crippen LogP contribution < -0.4 is 0 Å². The number of nitrogens with zero attached hydrogens (tertiary/aromatic N) is 1. The second-order valence-electron chi connectivity index (χ2n) is 3.87. The van der Waals surface area contributed by atoms with Crippen LogP contribution in [0.4, 0.5) is 17.6 Å². The number of aromatic nitrogens is 1. The molecule has 1 aromatic carbocycles. The average molecular weight is 348 g/mol. The van der Waals surface area contributed by atoms with E-state index in [0.29, 0.717) is 10.5 Å². The molecule has 0 bridgehead atoms. The third kappa shape index (κ3) is 2.87. The Bertz CT molecular complexity index is 670. The molecule has 0 amide bonds. The molecule has 0 aliphatic heterocycles. The maximum Gasteiger partial charge on any atom is 0.417 e. The number of pyridine rings is 1. The van der Waals surface area contributed by atoms with Crippen LogP contribution in [0.25, 0.3) is 0 Å². The molecule has 0 unspecified atom stereocenters. The van der Waals surface area contributed by atoms with E-state index in [4.69, 9.17) is 0 Å². The number of carbonyl (C=O) groups excluding carboxylic acids is 1. The van der Waals surface area contributed by atoms with Crippen LogP contribution in [0.15, 0.2) is 41.1 Å². The molecule has 0 saturated heterocycles. The monoisotopic (exact) mass is 347 g/mol. The Kier molecular flexibility index (Phi) is 3.89. The van der Waals surface area contributed by atoms with Gasteiger partial charge in [0.25, 0.3) is 0 Å². The zero-order chi connectivity index (χ0) is 14.9. The van der Waals surface area contributed by atoms with Gasteiger partial charge in [0.1, 0.15) is 5.82 Å². The van der Waals surface area contributed by atoms with Crippen LogP contribution in [0.2, 0.25) is 0 Å². The Balaban J connectivity index is 2.57. The molecular weight excluding hydrogens is 342 g/mol. The molecule has 2 rings (SSSR count). The van der Waals surface area contributed by atoms with Crippen LogP contribution in [0, 0.1) is 5.82 Å². The van der Waals surface area contributed by atoms with Gasteiger partial charge >= 0.3 is 6.18 Å². The summed E-state index contributed by atoms with van der Waals surface area (Å²) in [6.07, 6.45) is -3.00. The van der Waals surface area contributed by atoms with Gasteiger partial charge in [-0.2, -0.15) is 13.2 Å². The molecule has 7 heteroatoms. The third-order valence-electron chi connectivity index (χ3n) is 2.54. The summed E-state index contributed by atoms with van der Waals surface area (Å²) in [5, 5.41) is 0. The van der Waals surface area contributed by atoms with Crippen molar-refractivity contribution >= 4 is 21.7 Å². The van der Waals surface area contributed by atoms with E-state index in [-0.39, 0.29) is 0 Å². The molecule has 0 saturated carbocycles. The predicted octanol–water partition coefficient (Wildman–Crippen LogP) is 4.23. The molecule has 0 spiro atoms. The van der Waals surface area contributed by atoms with Crippen LogP contribution in [-0.4, -0.2) is 10.8 Å². The summed E-state index contributed by atoms with van der Waals surface area (Å²) in [6.45, 7) is 0. The van der Waals surface area contributed by atoms with Crippen molar-refractivity contribution in [1.82, 2.24) is 4.98 Å². The third-order valence-corrected chi connectivity index (χ3v) is 3.04. The summed E-state index contributed by atoms with van der Waals surface area (Å²) in [5.74, 6) is -1.96. The van der Waals surface area contributed by atoms with Gasteiger partial charge in [-0.15, -0.1) is 0 Å². The van der Waals surface area contributed by atoms with E-state index in [1.807, 2.05) is 0 Å². The second-order valence-corrected chi connectivity index (χ2v) is 4.79. The van der Waals surface area contributed by atoms with Gasteiger partial charge in [-0.3, -0.25) is 9.78 Å². The lowest BCUT2D eigenvalue weighted by Crippen LogP contribution is -2.15. The highest BCUT2D eigenvalue weighted by molar-refractivity contribution is 9.10. The number of halogens is 5. The minimum atomic E-state index is -4.71. The Morgan fingerprint density at radius 1 is 1.15 bits per heavy atom. The SMILES string of the molecule is O=C(c1cc(Br)ccc1F)c1cnccc1C(F)(F)F. The normalized spacial score (nSPS) is 11.4. The fourth-order valence-electron chi connectivity index (χ4n) is 1.64. The van der Waals surface area contributed by atoms with Gasteiger partial charge in [-0.25, -0.2) is 4.39 Å². The maximum atomic E-state index is 13.6. The first-order valence-electron chi connectivity index (χ1n) is 5.31. The highest BCUT2D eigenvalue weighted by Gasteiger charge is 2.35. The van der Waals surface area contributed by atoms with Crippen molar-refractivity contribution in [3.05, 3.63) is 63.6 Å². The summed E-state index contributed by atoms with van der Waals surface area (Å²) in [6, 6.07) is 4.16. The second kappa shape index (κ2) is 5.32. The van der Waals surface area contributed by atoms with Gasteiger partial charge < -0.3 is 0 Å². The zero-order valence-electron chi connectivity index (χ0n) is 9.71. The molecule has 0 aliphatic carbocycles. The van der Waals surface area contributed by atoms with Gasteiger partial charge in [-0.05, 0) is 24.3 Å². The number of hydrogen-bond acceptors (Lipinski definition) is 2. The molecule has 0 radical (unpaired) electrons. The van der Waals surface area contributed by atoms with Crippen LogP contribution in [0.3, 0.4) is 0 Å². The van der Waals surface area contributed by atoms with E-state index >= 15 is 0 Å². The summed E-state index contributed by atoms with van der Waals surface area (Å²) in [5.41, 5.74) is -2.27. The summed E-state index contributed by atoms with van der Waals surface area (Å²) < 4.78 is 52.4. The minimum Gasteiger partial charge on any atom is -0.288 e. The van der Waals surface area contributed by atoms with Crippen LogP contribution in [0.5, 0.6) is 0 Å². The molecule has 0 atom stereocenters. The van der Waals surface area contributed by atoms with Crippen molar-refractivity contribution in [3.63, 3.8) is 0 Å². The highest BCUT2D eigenvalue weighted by atomic mass is 79.9. The van der Waals surface area contributed by atoms with E-state index in [1.54, 1.807) is 0 Å². The first-order chi connectivity index (χ1) is 9.30. The Hall–Kier alpha value is -1.76. The molecule has 1 heterocycles. The number of benzene rings is 1. The van der Waals surface area contributed by atoms with Crippen molar-refractivity contribution in [2.24, 2.45) is 0 Å². The Morgan fingerprint density at radius 2 is 1.85 bits per heavy atom. The largest absolute Gasteiger partial charge is 0.417 e. The van der Waals surface area contributed by atoms with Crippen LogP contribution >= 0.6 is 15.9 Å². The molecule has 0 fully saturated rings. The van der Waals surface area contributed by atoms with Crippen molar-refractivity contribution in [2.45, 2.75) is 6.18 Å². The molecular formula is C13H6BrF4NO. The molecule has 1 aromatic heterocycles. The van der Waals surface area contributed by atoms with Crippen LogP contribution in [-0.2, 0) is 6.18 Å². The number of alkyl halides is 3. The highest BCUT2D eigenvalue weighted by Crippen LogP contribution is 2.32. The van der Waals surface area contributed by atoms with E-state index in [2.05, 4.69) is 20.9 Å². The summed E-state index contributed by atoms with van der Waals surface area (Å²) in [4.78, 5) is 15.6. The topological polar surface area (TPSA) is 30.0 Å². The summed E-state index contributed by atoms with van der Waals surface area (Å²) in [7, 11) is 0. The number of rotatable bonds is 2. The smallest absolute Gasteiger partial charge is 0.288 e. The molecule has 2 nitrogen and oxygen atoms in total. The first kappa shape index (κ1) is 14.6. The summed E-state index contributed by atoms with van der Waals surface area (Å²) >= 11 is 3.04. The lowest BCUT2D eigenvalue weighted by molar-refractivity contribution is -0.137. The van der Waals surface area contributed by atoms with E-state index in [0.717, 1.165) is 24.5 Å². The molecule has 2 aromatic rings. The Morgan fingerprint density at radius 3 is 2.50 bits per heavy atom. The molecule has 0 aliphatic rings. The maximum absolute atomic E-state index is 13.6. The lowest BCUT2D eigenvalue weighted by Gasteiger charge is -2.11. The number of ketones is 1. The fraction of sp³-hybridized carbons (Fsp3) is 0.0769. The van der Waals surface area contributed by atoms with Gasteiger partial charge in [-0.1, -0.05) is 15.9 Å². The van der Waals surface area contributed by atoms with Crippen molar-refractivity contribution in [2.75, 3.05) is 0 Å². The average Bonchev–Trinajstić information content (AvgIpc) is 2.40. The van der Waals surface area contributed by atoms with Gasteiger partial charge in [0.2, 0.25) is 0 Å². The molecule has 104 valence electrons. The van der Waals surface area contributed by atoms with Gasteiger partial charge in [0.05, 0.1) is 16.7 Å². The predicted molar refractivity (Wildman–Crippen MR) is 66.8 cm³/mol. The zero-order valence-corrected chi connectivity index (χ0v) is 11.3. The van der Waals surface area contributed by atoms with Gasteiger partial charge in [0.15, 0.2) is 5.78 Å². The van der Waals surface area contributed by atoms with Crippen LogP contribution in [0.1, 0.15) is 21.5 Å². The van der Waals surface area contributed by atoms with E-state index < -0.39 is 34.5 Å². The quantitative estimate of drug-likeness (QED) is 0.601. The molecule has 20 heavy (non-hydrogen) atoms. The fourth-order valence-corrected chi connectivity index (χ4v) is 2.00.